The zero-order chi connectivity index (χ0) is 14.5. The number of benzene rings is 1. The van der Waals surface area contributed by atoms with Crippen molar-refractivity contribution in [3.8, 4) is 0 Å². The molecule has 0 bridgehead atoms. The van der Waals surface area contributed by atoms with Gasteiger partial charge >= 0.3 is 0 Å². The third-order valence-electron chi connectivity index (χ3n) is 3.35. The molecule has 0 saturated heterocycles. The molecule has 0 fully saturated rings. The summed E-state index contributed by atoms with van der Waals surface area (Å²) in [6.45, 7) is 3.44. The predicted molar refractivity (Wildman–Crippen MR) is 79.7 cm³/mol. The van der Waals surface area contributed by atoms with Crippen molar-refractivity contribution in [2.75, 3.05) is 13.7 Å². The number of ether oxygens (including phenoxy) is 1. The van der Waals surface area contributed by atoms with Crippen LogP contribution in [0.3, 0.4) is 0 Å². The van der Waals surface area contributed by atoms with Crippen LogP contribution >= 0.6 is 11.6 Å². The Hall–Kier alpha value is -1.13. The standard InChI is InChI=1S/C15H20ClFN2O/c1-11(16)15-18-14-12(17)7-6-8-13(14)19(15)9-4-3-5-10-20-2/h6-8,11H,3-5,9-10H2,1-2H3. The fraction of sp³-hybridized carbons (Fsp3) is 0.533. The summed E-state index contributed by atoms with van der Waals surface area (Å²) in [5.74, 6) is 0.442. The van der Waals surface area contributed by atoms with Gasteiger partial charge in [-0.1, -0.05) is 6.07 Å². The van der Waals surface area contributed by atoms with Crippen LogP contribution in [0.1, 0.15) is 37.4 Å². The number of methoxy groups -OCH3 is 1. The molecule has 20 heavy (non-hydrogen) atoms. The minimum Gasteiger partial charge on any atom is -0.385 e. The Kier molecular flexibility index (Phi) is 5.38. The molecule has 0 spiro atoms. The minimum atomic E-state index is -0.292. The Balaban J connectivity index is 2.21. The maximum atomic E-state index is 13.8. The maximum Gasteiger partial charge on any atom is 0.151 e. The minimum absolute atomic E-state index is 0.235. The molecule has 0 radical (unpaired) electrons. The average Bonchev–Trinajstić information content (AvgIpc) is 2.79. The van der Waals surface area contributed by atoms with E-state index in [1.807, 2.05) is 17.6 Å². The van der Waals surface area contributed by atoms with Crippen LogP contribution in [-0.2, 0) is 11.3 Å². The lowest BCUT2D eigenvalue weighted by molar-refractivity contribution is 0.191. The predicted octanol–water partition coefficient (Wildman–Crippen LogP) is 4.29. The van der Waals surface area contributed by atoms with Crippen molar-refractivity contribution in [1.82, 2.24) is 9.55 Å². The Morgan fingerprint density at radius 1 is 1.35 bits per heavy atom. The van der Waals surface area contributed by atoms with Crippen LogP contribution in [0.5, 0.6) is 0 Å². The smallest absolute Gasteiger partial charge is 0.151 e. The summed E-state index contributed by atoms with van der Waals surface area (Å²) in [4.78, 5) is 4.36. The zero-order valence-corrected chi connectivity index (χ0v) is 12.7. The summed E-state index contributed by atoms with van der Waals surface area (Å²) in [6, 6.07) is 5.04. The van der Waals surface area contributed by atoms with E-state index in [-0.39, 0.29) is 11.2 Å². The van der Waals surface area contributed by atoms with Gasteiger partial charge in [-0.2, -0.15) is 0 Å². The van der Waals surface area contributed by atoms with Crippen molar-refractivity contribution in [3.63, 3.8) is 0 Å². The molecule has 1 aromatic heterocycles. The Labute approximate surface area is 123 Å². The van der Waals surface area contributed by atoms with Gasteiger partial charge in [-0.3, -0.25) is 0 Å². The Bertz CT molecular complexity index is 568. The van der Waals surface area contributed by atoms with Gasteiger partial charge in [0.15, 0.2) is 5.82 Å². The molecule has 3 nitrogen and oxygen atoms in total. The first-order chi connectivity index (χ1) is 9.65. The number of hydrogen-bond donors (Lipinski definition) is 0. The highest BCUT2D eigenvalue weighted by Gasteiger charge is 2.16. The molecule has 1 aromatic carbocycles. The number of hydrogen-bond acceptors (Lipinski definition) is 2. The number of alkyl halides is 1. The van der Waals surface area contributed by atoms with E-state index in [0.717, 1.165) is 43.8 Å². The van der Waals surface area contributed by atoms with Crippen LogP contribution in [-0.4, -0.2) is 23.3 Å². The summed E-state index contributed by atoms with van der Waals surface area (Å²) in [6.07, 6.45) is 3.10. The van der Waals surface area contributed by atoms with Gasteiger partial charge in [0.25, 0.3) is 0 Å². The maximum absolute atomic E-state index is 13.8. The summed E-state index contributed by atoms with van der Waals surface area (Å²) in [7, 11) is 1.71. The Morgan fingerprint density at radius 3 is 2.85 bits per heavy atom. The molecule has 110 valence electrons. The van der Waals surface area contributed by atoms with Crippen molar-refractivity contribution in [1.29, 1.82) is 0 Å². The van der Waals surface area contributed by atoms with Crippen LogP contribution < -0.4 is 0 Å². The van der Waals surface area contributed by atoms with Gasteiger partial charge < -0.3 is 9.30 Å². The lowest BCUT2D eigenvalue weighted by Gasteiger charge is -2.10. The SMILES string of the molecule is COCCCCCn1c(C(C)Cl)nc2c(F)cccc21. The van der Waals surface area contributed by atoms with Gasteiger partial charge in [0.1, 0.15) is 11.3 Å². The topological polar surface area (TPSA) is 27.1 Å². The van der Waals surface area contributed by atoms with Crippen LogP contribution in [0.15, 0.2) is 18.2 Å². The summed E-state index contributed by atoms with van der Waals surface area (Å²) in [5, 5.41) is -0.235. The molecule has 0 aliphatic carbocycles. The van der Waals surface area contributed by atoms with Gasteiger partial charge in [-0.05, 0) is 38.3 Å². The summed E-state index contributed by atoms with van der Waals surface area (Å²) < 4.78 is 20.9. The normalized spacial score (nSPS) is 13.0. The molecule has 0 aliphatic heterocycles. The molecule has 2 aromatic rings. The van der Waals surface area contributed by atoms with Crippen molar-refractivity contribution < 1.29 is 9.13 Å². The largest absolute Gasteiger partial charge is 0.385 e. The van der Waals surface area contributed by atoms with E-state index in [0.29, 0.717) is 5.52 Å². The first-order valence-electron chi connectivity index (χ1n) is 6.92. The number of halogens is 2. The van der Waals surface area contributed by atoms with Crippen molar-refractivity contribution >= 4 is 22.6 Å². The first kappa shape index (κ1) is 15.3. The number of unbranched alkanes of at least 4 members (excludes halogenated alkanes) is 2. The second-order valence-corrected chi connectivity index (χ2v) is 5.55. The third-order valence-corrected chi connectivity index (χ3v) is 3.54. The van der Waals surface area contributed by atoms with Gasteiger partial charge in [-0.15, -0.1) is 11.6 Å². The molecule has 1 heterocycles. The highest BCUT2D eigenvalue weighted by Crippen LogP contribution is 2.26. The number of nitrogens with zero attached hydrogens (tertiary/aromatic N) is 2. The second-order valence-electron chi connectivity index (χ2n) is 4.90. The van der Waals surface area contributed by atoms with Gasteiger partial charge in [0, 0.05) is 20.3 Å². The van der Waals surface area contributed by atoms with E-state index in [2.05, 4.69) is 4.98 Å². The number of rotatable bonds is 7. The van der Waals surface area contributed by atoms with E-state index in [1.165, 1.54) is 6.07 Å². The molecule has 0 N–H and O–H groups in total. The molecular weight excluding hydrogens is 279 g/mol. The molecule has 1 atom stereocenters. The first-order valence-corrected chi connectivity index (χ1v) is 7.36. The molecular formula is C15H20ClFN2O. The van der Waals surface area contributed by atoms with Crippen LogP contribution in [0.2, 0.25) is 0 Å². The summed E-state index contributed by atoms with van der Waals surface area (Å²) in [5.41, 5.74) is 1.23. The quantitative estimate of drug-likeness (QED) is 0.563. The van der Waals surface area contributed by atoms with Crippen LogP contribution in [0.4, 0.5) is 4.39 Å². The van der Waals surface area contributed by atoms with Crippen molar-refractivity contribution in [2.45, 2.75) is 38.1 Å². The number of aryl methyl sites for hydroxylation is 1. The van der Waals surface area contributed by atoms with E-state index < -0.39 is 0 Å². The number of para-hydroxylation sites is 1. The van der Waals surface area contributed by atoms with Gasteiger partial charge in [0.2, 0.25) is 0 Å². The molecule has 2 rings (SSSR count). The third kappa shape index (κ3) is 3.30. The van der Waals surface area contributed by atoms with E-state index in [9.17, 15) is 4.39 Å². The zero-order valence-electron chi connectivity index (χ0n) is 11.9. The van der Waals surface area contributed by atoms with Crippen molar-refractivity contribution in [3.05, 3.63) is 29.8 Å². The molecule has 1 unspecified atom stereocenters. The number of fused-ring (bicyclic) bond motifs is 1. The fourth-order valence-corrected chi connectivity index (χ4v) is 2.53. The number of aromatic nitrogens is 2. The van der Waals surface area contributed by atoms with E-state index in [1.54, 1.807) is 13.2 Å². The second kappa shape index (κ2) is 7.04. The monoisotopic (exact) mass is 298 g/mol. The van der Waals surface area contributed by atoms with E-state index >= 15 is 0 Å². The highest BCUT2D eigenvalue weighted by atomic mass is 35.5. The molecule has 0 saturated carbocycles. The van der Waals surface area contributed by atoms with Crippen molar-refractivity contribution in [2.24, 2.45) is 0 Å². The van der Waals surface area contributed by atoms with Crippen LogP contribution in [0.25, 0.3) is 11.0 Å². The molecule has 5 heteroatoms. The average molecular weight is 299 g/mol. The van der Waals surface area contributed by atoms with E-state index in [4.69, 9.17) is 16.3 Å². The fourth-order valence-electron chi connectivity index (χ4n) is 2.36. The lowest BCUT2D eigenvalue weighted by Crippen LogP contribution is -2.05. The van der Waals surface area contributed by atoms with Crippen LogP contribution in [0, 0.1) is 5.82 Å². The summed E-state index contributed by atoms with van der Waals surface area (Å²) >= 11 is 6.17. The van der Waals surface area contributed by atoms with Gasteiger partial charge in [-0.25, -0.2) is 9.37 Å². The molecule has 0 aliphatic rings. The molecule has 0 amide bonds. The Morgan fingerprint density at radius 2 is 2.15 bits per heavy atom. The highest BCUT2D eigenvalue weighted by molar-refractivity contribution is 6.20. The lowest BCUT2D eigenvalue weighted by atomic mass is 10.2. The number of imidazole rings is 1. The van der Waals surface area contributed by atoms with Gasteiger partial charge in [0.05, 0.1) is 10.9 Å².